The molecule has 0 radical (unpaired) electrons. The second-order valence-electron chi connectivity index (χ2n) is 9.47. The van der Waals surface area contributed by atoms with Gasteiger partial charge in [0.15, 0.2) is 0 Å². The number of hydrogen-bond donors (Lipinski definition) is 2. The first kappa shape index (κ1) is 34.4. The van der Waals surface area contributed by atoms with Crippen molar-refractivity contribution in [3.63, 3.8) is 0 Å². The van der Waals surface area contributed by atoms with Crippen LogP contribution in [0.2, 0.25) is 0 Å². The van der Waals surface area contributed by atoms with Crippen LogP contribution in [-0.2, 0) is 13.6 Å². The van der Waals surface area contributed by atoms with Gasteiger partial charge < -0.3 is 5.32 Å². The summed E-state index contributed by atoms with van der Waals surface area (Å²) in [5.74, 6) is 0.773. The SMILES string of the molecule is CCOP(=O)(NCCCCNC(=O)c1ccccc1SC/C=C(\C)CC/C=C(\C)CCC=C(C)C)OCC. The number of unbranched alkanes of at least 4 members (excludes halogenated alkanes) is 1. The Labute approximate surface area is 235 Å². The average molecular weight is 565 g/mol. The third kappa shape index (κ3) is 15.7. The van der Waals surface area contributed by atoms with Gasteiger partial charge in [0.05, 0.1) is 18.8 Å². The van der Waals surface area contributed by atoms with Crippen molar-refractivity contribution in [2.45, 2.75) is 85.0 Å². The lowest BCUT2D eigenvalue weighted by atomic mass is 10.1. The monoisotopic (exact) mass is 564 g/mol. The molecule has 1 aromatic carbocycles. The number of hydrogen-bond acceptors (Lipinski definition) is 5. The first-order chi connectivity index (χ1) is 18.2. The molecular formula is C30H49N2O4PS. The van der Waals surface area contributed by atoms with E-state index >= 15 is 0 Å². The summed E-state index contributed by atoms with van der Waals surface area (Å²) in [6.07, 6.45) is 12.8. The number of rotatable bonds is 20. The van der Waals surface area contributed by atoms with Gasteiger partial charge in [-0.1, -0.05) is 47.1 Å². The molecule has 0 aliphatic heterocycles. The molecule has 1 amide bonds. The minimum absolute atomic E-state index is 0.0650. The van der Waals surface area contributed by atoms with E-state index in [2.05, 4.69) is 56.3 Å². The zero-order valence-corrected chi connectivity index (χ0v) is 26.0. The van der Waals surface area contributed by atoms with Crippen molar-refractivity contribution in [2.75, 3.05) is 32.1 Å². The van der Waals surface area contributed by atoms with Gasteiger partial charge in [0.25, 0.3) is 5.91 Å². The topological polar surface area (TPSA) is 76.7 Å². The van der Waals surface area contributed by atoms with E-state index in [-0.39, 0.29) is 5.91 Å². The zero-order valence-electron chi connectivity index (χ0n) is 24.3. The molecule has 1 aromatic rings. The molecule has 2 N–H and O–H groups in total. The third-order valence-corrected chi connectivity index (χ3v) is 8.53. The molecule has 0 aliphatic rings. The maximum atomic E-state index is 12.8. The average Bonchev–Trinajstić information content (AvgIpc) is 2.86. The van der Waals surface area contributed by atoms with Crippen LogP contribution in [0.15, 0.2) is 64.1 Å². The Bertz CT molecular complexity index is 961. The van der Waals surface area contributed by atoms with Crippen LogP contribution in [0.5, 0.6) is 0 Å². The van der Waals surface area contributed by atoms with Crippen molar-refractivity contribution in [3.05, 3.63) is 64.8 Å². The van der Waals surface area contributed by atoms with Crippen molar-refractivity contribution in [1.29, 1.82) is 0 Å². The van der Waals surface area contributed by atoms with Gasteiger partial charge in [-0.25, -0.2) is 9.65 Å². The van der Waals surface area contributed by atoms with E-state index in [0.717, 1.165) is 49.2 Å². The lowest BCUT2D eigenvalue weighted by Gasteiger charge is -2.17. The molecule has 1 rings (SSSR count). The number of benzene rings is 1. The standard InChI is InChI=1S/C30H49N2O4PS/c1-7-35-37(34,36-8-2)32-23-12-11-22-31-30(33)28-19-9-10-20-29(28)38-24-21-27(6)18-14-17-26(5)16-13-15-25(3)4/h9-10,15,17,19-21H,7-8,11-14,16,18,22-24H2,1-6H3,(H,31,33)(H,32,34)/b26-17+,27-21+. The van der Waals surface area contributed by atoms with E-state index in [4.69, 9.17) is 9.05 Å². The van der Waals surface area contributed by atoms with Crippen LogP contribution in [-0.4, -0.2) is 38.0 Å². The molecule has 214 valence electrons. The largest absolute Gasteiger partial charge is 0.405 e. The lowest BCUT2D eigenvalue weighted by molar-refractivity contribution is 0.0950. The molecule has 8 heteroatoms. The molecule has 0 saturated carbocycles. The molecule has 6 nitrogen and oxygen atoms in total. The molecule has 38 heavy (non-hydrogen) atoms. The number of carbonyl (C=O) groups is 1. The summed E-state index contributed by atoms with van der Waals surface area (Å²) in [7, 11) is -3.23. The predicted molar refractivity (Wildman–Crippen MR) is 163 cm³/mol. The quantitative estimate of drug-likeness (QED) is 0.0716. The summed E-state index contributed by atoms with van der Waals surface area (Å²) in [6, 6.07) is 7.75. The van der Waals surface area contributed by atoms with E-state index in [9.17, 15) is 9.36 Å². The molecule has 0 aromatic heterocycles. The normalized spacial score (nSPS) is 12.5. The number of amides is 1. The first-order valence-corrected chi connectivity index (χ1v) is 16.3. The van der Waals surface area contributed by atoms with Crippen molar-refractivity contribution in [3.8, 4) is 0 Å². The van der Waals surface area contributed by atoms with E-state index in [1.807, 2.05) is 24.3 Å². The molecule has 0 saturated heterocycles. The molecule has 0 unspecified atom stereocenters. The molecule has 0 heterocycles. The highest BCUT2D eigenvalue weighted by molar-refractivity contribution is 7.99. The van der Waals surface area contributed by atoms with Crippen LogP contribution < -0.4 is 10.4 Å². The summed E-state index contributed by atoms with van der Waals surface area (Å²) in [5, 5.41) is 5.88. The minimum Gasteiger partial charge on any atom is -0.352 e. The van der Waals surface area contributed by atoms with Gasteiger partial charge >= 0.3 is 7.75 Å². The minimum atomic E-state index is -3.23. The fourth-order valence-corrected chi connectivity index (χ4v) is 6.03. The number of nitrogens with one attached hydrogen (secondary N) is 2. The van der Waals surface area contributed by atoms with Crippen LogP contribution in [0.1, 0.15) is 90.4 Å². The highest BCUT2D eigenvalue weighted by atomic mass is 32.2. The van der Waals surface area contributed by atoms with Gasteiger partial charge in [-0.2, -0.15) is 0 Å². The zero-order chi connectivity index (χ0) is 28.2. The summed E-state index contributed by atoms with van der Waals surface area (Å²) in [5.41, 5.74) is 4.91. The van der Waals surface area contributed by atoms with Crippen LogP contribution in [0.4, 0.5) is 0 Å². The van der Waals surface area contributed by atoms with E-state index in [0.29, 0.717) is 31.9 Å². The Morgan fingerprint density at radius 3 is 2.16 bits per heavy atom. The predicted octanol–water partition coefficient (Wildman–Crippen LogP) is 8.48. The highest BCUT2D eigenvalue weighted by Gasteiger charge is 2.22. The fraction of sp³-hybridized carbons (Fsp3) is 0.567. The third-order valence-electron chi connectivity index (χ3n) is 5.72. The van der Waals surface area contributed by atoms with Crippen molar-refractivity contribution < 1.29 is 18.4 Å². The fourth-order valence-electron chi connectivity index (χ4n) is 3.62. The van der Waals surface area contributed by atoms with Crippen molar-refractivity contribution in [2.24, 2.45) is 0 Å². The van der Waals surface area contributed by atoms with Gasteiger partial charge in [0, 0.05) is 23.7 Å². The van der Waals surface area contributed by atoms with Gasteiger partial charge in [0.2, 0.25) is 0 Å². The summed E-state index contributed by atoms with van der Waals surface area (Å²) < 4.78 is 22.8. The maximum Gasteiger partial charge on any atom is 0.405 e. The summed E-state index contributed by atoms with van der Waals surface area (Å²) >= 11 is 1.69. The van der Waals surface area contributed by atoms with Crippen LogP contribution >= 0.6 is 19.5 Å². The Morgan fingerprint density at radius 2 is 1.50 bits per heavy atom. The van der Waals surface area contributed by atoms with E-state index < -0.39 is 7.75 Å². The number of allylic oxidation sites excluding steroid dienone is 5. The molecule has 0 aliphatic carbocycles. The Hall–Kier alpha value is -1.63. The van der Waals surface area contributed by atoms with Crippen molar-refractivity contribution in [1.82, 2.24) is 10.4 Å². The summed E-state index contributed by atoms with van der Waals surface area (Å²) in [6.45, 7) is 13.9. The molecular weight excluding hydrogens is 515 g/mol. The van der Waals surface area contributed by atoms with Gasteiger partial charge in [0.1, 0.15) is 0 Å². The van der Waals surface area contributed by atoms with Gasteiger partial charge in [-0.15, -0.1) is 11.8 Å². The Balaban J connectivity index is 2.42. The maximum absolute atomic E-state index is 12.8. The first-order valence-electron chi connectivity index (χ1n) is 13.8. The van der Waals surface area contributed by atoms with E-state index in [1.165, 1.54) is 16.7 Å². The Kier molecular flexibility index (Phi) is 18.4. The molecule has 0 atom stereocenters. The van der Waals surface area contributed by atoms with Crippen molar-refractivity contribution >= 4 is 25.4 Å². The Morgan fingerprint density at radius 1 is 0.895 bits per heavy atom. The van der Waals surface area contributed by atoms with Gasteiger partial charge in [-0.3, -0.25) is 13.8 Å². The molecule has 0 fully saturated rings. The van der Waals surface area contributed by atoms with Crippen LogP contribution in [0.25, 0.3) is 0 Å². The highest BCUT2D eigenvalue weighted by Crippen LogP contribution is 2.43. The van der Waals surface area contributed by atoms with Gasteiger partial charge in [-0.05, 0) is 92.2 Å². The molecule has 0 spiro atoms. The summed E-state index contributed by atoms with van der Waals surface area (Å²) in [4.78, 5) is 13.8. The second kappa shape index (κ2) is 20.3. The van der Waals surface area contributed by atoms with Crippen LogP contribution in [0.3, 0.4) is 0 Å². The van der Waals surface area contributed by atoms with Crippen LogP contribution in [0, 0.1) is 0 Å². The lowest BCUT2D eigenvalue weighted by Crippen LogP contribution is -2.25. The van der Waals surface area contributed by atoms with E-state index in [1.54, 1.807) is 25.6 Å². The second-order valence-corrected chi connectivity index (χ2v) is 12.4. The number of thioether (sulfide) groups is 1. The number of carbonyl (C=O) groups excluding carboxylic acids is 1. The molecule has 0 bridgehead atoms. The smallest absolute Gasteiger partial charge is 0.352 e.